The van der Waals surface area contributed by atoms with Crippen molar-refractivity contribution in [3.8, 4) is 0 Å². The molecule has 4 heteroatoms. The van der Waals surface area contributed by atoms with E-state index in [4.69, 9.17) is 16.4 Å². The Morgan fingerprint density at radius 3 is 2.87 bits per heavy atom. The molecule has 0 radical (unpaired) electrons. The van der Waals surface area contributed by atoms with Crippen molar-refractivity contribution in [2.45, 2.75) is 24.6 Å². The van der Waals surface area contributed by atoms with Gasteiger partial charge in [-0.25, -0.2) is 10.1 Å². The summed E-state index contributed by atoms with van der Waals surface area (Å²) in [4.78, 5) is 4.87. The zero-order valence-electron chi connectivity index (χ0n) is 13.4. The van der Waals surface area contributed by atoms with E-state index in [9.17, 15) is 0 Å². The molecule has 4 nitrogen and oxygen atoms in total. The number of hydroxylamine groups is 2. The van der Waals surface area contributed by atoms with E-state index in [-0.39, 0.29) is 18.2 Å². The van der Waals surface area contributed by atoms with E-state index in [1.165, 1.54) is 16.2 Å². The Hall–Kier alpha value is -2.59. The van der Waals surface area contributed by atoms with E-state index >= 15 is 0 Å². The lowest BCUT2D eigenvalue weighted by Gasteiger charge is -2.29. The van der Waals surface area contributed by atoms with Gasteiger partial charge in [-0.3, -0.25) is 5.21 Å². The van der Waals surface area contributed by atoms with E-state index in [0.29, 0.717) is 5.90 Å². The molecule has 0 saturated heterocycles. The minimum atomic E-state index is -0.318. The second kappa shape index (κ2) is 4.70. The molecular formula is C19H16N2O2. The highest BCUT2D eigenvalue weighted by molar-refractivity contribution is 5.87. The Labute approximate surface area is 135 Å². The molecule has 23 heavy (non-hydrogen) atoms. The first-order valence-corrected chi connectivity index (χ1v) is 7.86. The van der Waals surface area contributed by atoms with Gasteiger partial charge in [0.2, 0.25) is 7.33 Å². The number of rotatable bonds is 2. The summed E-state index contributed by atoms with van der Waals surface area (Å²) < 4.78 is 13.6. The molecule has 0 saturated carbocycles. The highest BCUT2D eigenvalue weighted by atomic mass is 16.5. The van der Waals surface area contributed by atoms with E-state index in [1.807, 2.05) is 36.4 Å². The molecule has 2 aromatic rings. The monoisotopic (exact) mass is 305 g/mol. The molecule has 1 aliphatic carbocycles. The fourth-order valence-electron chi connectivity index (χ4n) is 3.78. The van der Waals surface area contributed by atoms with Gasteiger partial charge >= 0.3 is 0 Å². The predicted molar refractivity (Wildman–Crippen MR) is 87.0 cm³/mol. The van der Waals surface area contributed by atoms with Crippen LogP contribution in [0.15, 0.2) is 59.7 Å². The third kappa shape index (κ3) is 1.85. The van der Waals surface area contributed by atoms with Gasteiger partial charge in [0.1, 0.15) is 12.1 Å². The van der Waals surface area contributed by atoms with Crippen molar-refractivity contribution in [1.82, 2.24) is 5.06 Å². The first-order valence-electron chi connectivity index (χ1n) is 8.27. The summed E-state index contributed by atoms with van der Waals surface area (Å²) in [7, 11) is 0. The molecule has 0 amide bonds. The Morgan fingerprint density at radius 1 is 1.13 bits per heavy atom. The Morgan fingerprint density at radius 2 is 1.96 bits per heavy atom. The van der Waals surface area contributed by atoms with Crippen LogP contribution < -0.4 is 0 Å². The van der Waals surface area contributed by atoms with Crippen molar-refractivity contribution in [3.05, 3.63) is 77.0 Å². The van der Waals surface area contributed by atoms with Crippen molar-refractivity contribution in [2.24, 2.45) is 4.99 Å². The quantitative estimate of drug-likeness (QED) is 0.923. The average molecular weight is 305 g/mol. The van der Waals surface area contributed by atoms with Crippen LogP contribution in [-0.2, 0) is 11.2 Å². The van der Waals surface area contributed by atoms with Gasteiger partial charge in [0.25, 0.3) is 0 Å². The van der Waals surface area contributed by atoms with Crippen LogP contribution in [-0.4, -0.2) is 22.3 Å². The van der Waals surface area contributed by atoms with Gasteiger partial charge in [-0.15, -0.1) is 0 Å². The summed E-state index contributed by atoms with van der Waals surface area (Å²) in [6.07, 6.45) is 4.61. The maximum Gasteiger partial charge on any atom is 0.246 e. The second-order valence-electron chi connectivity index (χ2n) is 6.18. The minimum absolute atomic E-state index is 0.0434. The lowest BCUT2D eigenvalue weighted by atomic mass is 9.97. The van der Waals surface area contributed by atoms with Crippen LogP contribution in [0.25, 0.3) is 6.08 Å². The van der Waals surface area contributed by atoms with Gasteiger partial charge < -0.3 is 4.74 Å². The molecule has 114 valence electrons. The zero-order valence-corrected chi connectivity index (χ0v) is 12.4. The number of nitrogens with zero attached hydrogens (tertiary/aromatic N) is 2. The fraction of sp³-hybridized carbons (Fsp3) is 0.211. The lowest BCUT2D eigenvalue weighted by molar-refractivity contribution is -0.0660. The zero-order chi connectivity index (χ0) is 16.1. The van der Waals surface area contributed by atoms with Crippen molar-refractivity contribution in [2.75, 3.05) is 0 Å². The maximum absolute atomic E-state index is 7.37. The third-order valence-electron chi connectivity index (χ3n) is 4.87. The number of hydrogen-bond acceptors (Lipinski definition) is 4. The topological polar surface area (TPSA) is 45.1 Å². The molecule has 2 aliphatic heterocycles. The highest BCUT2D eigenvalue weighted by Gasteiger charge is 2.43. The number of ether oxygens (including phenoxy) is 1. The second-order valence-corrected chi connectivity index (χ2v) is 6.18. The van der Waals surface area contributed by atoms with E-state index in [2.05, 4.69) is 18.2 Å². The molecule has 0 aromatic heterocycles. The predicted octanol–water partition coefficient (Wildman–Crippen LogP) is 3.50. The van der Waals surface area contributed by atoms with Gasteiger partial charge in [-0.05, 0) is 28.3 Å². The van der Waals surface area contributed by atoms with Crippen molar-refractivity contribution in [1.29, 1.82) is 0 Å². The maximum atomic E-state index is 7.37. The van der Waals surface area contributed by atoms with Crippen LogP contribution in [0.4, 0.5) is 0 Å². The van der Waals surface area contributed by atoms with Gasteiger partial charge in [-0.2, -0.15) is 0 Å². The standard InChI is InChI=1S/C19H16N2O2/c22-21-10-9-12-5-1-4-8-15(12)18(21)19-20-17-14-7-3-2-6-13(14)11-16(17)23-19/h1-10,16-18,22H,11H2/i22D. The number of benzene rings is 2. The van der Waals surface area contributed by atoms with Gasteiger partial charge in [0.15, 0.2) is 6.04 Å². The summed E-state index contributed by atoms with van der Waals surface area (Å²) in [5.74, 6) is 0.628. The van der Waals surface area contributed by atoms with Crippen LogP contribution in [0.2, 0.25) is 1.43 Å². The van der Waals surface area contributed by atoms with Crippen LogP contribution in [0.5, 0.6) is 0 Å². The number of aliphatic imine (C=N–C) groups is 1. The first-order chi connectivity index (χ1) is 11.8. The molecule has 0 spiro atoms. The fourth-order valence-corrected chi connectivity index (χ4v) is 3.78. The van der Waals surface area contributed by atoms with Gasteiger partial charge in [-0.1, -0.05) is 48.5 Å². The molecule has 5 rings (SSSR count). The minimum Gasteiger partial charge on any atom is -0.473 e. The molecule has 3 atom stereocenters. The molecule has 2 aromatic carbocycles. The van der Waals surface area contributed by atoms with Crippen LogP contribution in [0, 0.1) is 0 Å². The molecule has 2 heterocycles. The summed E-state index contributed by atoms with van der Waals surface area (Å²) in [6.45, 7) is 0. The number of hydrogen-bond donors (Lipinski definition) is 1. The van der Waals surface area contributed by atoms with Gasteiger partial charge in [0, 0.05) is 12.6 Å². The smallest absolute Gasteiger partial charge is 0.246 e. The SMILES string of the molecule is [2H]ON1C=Cc2ccccc2C1C1=NC2c3ccccc3CC2O1. The molecule has 3 aliphatic rings. The Bertz CT molecular complexity index is 864. The molecule has 1 N–H and O–H groups in total. The van der Waals surface area contributed by atoms with E-state index in [1.54, 1.807) is 6.20 Å². The normalized spacial score (nSPS) is 27.7. The highest BCUT2D eigenvalue weighted by Crippen LogP contribution is 2.43. The van der Waals surface area contributed by atoms with Gasteiger partial charge in [0.05, 0.1) is 0 Å². The number of fused-ring (bicyclic) bond motifs is 4. The van der Waals surface area contributed by atoms with Crippen molar-refractivity contribution in [3.63, 3.8) is 0 Å². The molecular weight excluding hydrogens is 288 g/mol. The lowest BCUT2D eigenvalue weighted by Crippen LogP contribution is -2.31. The van der Waals surface area contributed by atoms with Crippen molar-refractivity contribution >= 4 is 12.0 Å². The molecule has 0 bridgehead atoms. The van der Waals surface area contributed by atoms with Crippen molar-refractivity contribution < 1.29 is 11.4 Å². The van der Waals surface area contributed by atoms with E-state index in [0.717, 1.165) is 17.5 Å². The first kappa shape index (κ1) is 11.9. The summed E-state index contributed by atoms with van der Waals surface area (Å²) >= 11 is 0. The molecule has 3 unspecified atom stereocenters. The average Bonchev–Trinajstić information content (AvgIpc) is 3.18. The van der Waals surface area contributed by atoms with Crippen LogP contribution in [0.1, 0.15) is 34.3 Å². The largest absolute Gasteiger partial charge is 0.473 e. The Balaban J connectivity index is 1.56. The summed E-state index contributed by atoms with van der Waals surface area (Å²) in [5.41, 5.74) is 4.70. The third-order valence-corrected chi connectivity index (χ3v) is 4.87. The Kier molecular flexibility index (Phi) is 2.43. The summed E-state index contributed by atoms with van der Waals surface area (Å²) in [6, 6.07) is 16.2. The van der Waals surface area contributed by atoms with Crippen LogP contribution in [0.3, 0.4) is 0 Å². The summed E-state index contributed by atoms with van der Waals surface area (Å²) in [5, 5.41) is 6.28. The molecule has 0 fully saturated rings. The van der Waals surface area contributed by atoms with E-state index < -0.39 is 0 Å². The van der Waals surface area contributed by atoms with Crippen LogP contribution >= 0.6 is 0 Å².